The maximum atomic E-state index is 5.30. The van der Waals surface area contributed by atoms with Crippen molar-refractivity contribution in [3.05, 3.63) is 11.8 Å². The van der Waals surface area contributed by atoms with Crippen molar-refractivity contribution in [2.24, 2.45) is 5.41 Å². The number of methoxy groups -OCH3 is 1. The molecule has 0 aromatic heterocycles. The van der Waals surface area contributed by atoms with Crippen LogP contribution in [0.4, 0.5) is 0 Å². The lowest BCUT2D eigenvalue weighted by Crippen LogP contribution is -2.29. The number of hydrogen-bond donors (Lipinski definition) is 0. The summed E-state index contributed by atoms with van der Waals surface area (Å²) in [5.74, 6) is 0. The first-order chi connectivity index (χ1) is 7.63. The summed E-state index contributed by atoms with van der Waals surface area (Å²) in [5.41, 5.74) is 2.08. The molecule has 1 saturated heterocycles. The molecule has 1 aliphatic heterocycles. The van der Waals surface area contributed by atoms with Crippen LogP contribution in [0.3, 0.4) is 0 Å². The first-order valence-corrected chi connectivity index (χ1v) is 6.59. The molecule has 0 radical (unpaired) electrons. The molecule has 0 spiro atoms. The summed E-state index contributed by atoms with van der Waals surface area (Å²) in [7, 11) is 1.81. The first kappa shape index (κ1) is 12.0. The highest BCUT2D eigenvalue weighted by Gasteiger charge is 2.30. The molecule has 1 heterocycles. The lowest BCUT2D eigenvalue weighted by molar-refractivity contribution is 0.137. The maximum Gasteiger partial charge on any atom is 0.0666 e. The number of nitrogens with zero attached hydrogens (tertiary/aromatic N) is 1. The van der Waals surface area contributed by atoms with Crippen LogP contribution in [0.25, 0.3) is 0 Å². The molecule has 2 aliphatic rings. The predicted molar refractivity (Wildman–Crippen MR) is 67.3 cm³/mol. The minimum absolute atomic E-state index is 0.431. The Morgan fingerprint density at radius 3 is 2.88 bits per heavy atom. The molecule has 2 rings (SSSR count). The normalized spacial score (nSPS) is 31.6. The van der Waals surface area contributed by atoms with Crippen LogP contribution < -0.4 is 0 Å². The van der Waals surface area contributed by atoms with E-state index in [2.05, 4.69) is 24.9 Å². The minimum Gasteiger partial charge on any atom is -0.383 e. The van der Waals surface area contributed by atoms with Gasteiger partial charge in [0.05, 0.1) is 12.6 Å². The van der Waals surface area contributed by atoms with Crippen LogP contribution in [0.5, 0.6) is 0 Å². The molecule has 2 heteroatoms. The predicted octanol–water partition coefficient (Wildman–Crippen LogP) is 3.19. The van der Waals surface area contributed by atoms with Crippen LogP contribution in [0.15, 0.2) is 11.8 Å². The van der Waals surface area contributed by atoms with Gasteiger partial charge in [0.25, 0.3) is 0 Å². The molecule has 92 valence electrons. The van der Waals surface area contributed by atoms with Crippen molar-refractivity contribution < 1.29 is 4.74 Å². The number of likely N-dealkylation sites (tertiary alicyclic amines) is 1. The van der Waals surface area contributed by atoms with Crippen LogP contribution in [0.1, 0.15) is 46.0 Å². The summed E-state index contributed by atoms with van der Waals surface area (Å²) < 4.78 is 5.30. The van der Waals surface area contributed by atoms with Crippen LogP contribution >= 0.6 is 0 Å². The van der Waals surface area contributed by atoms with Gasteiger partial charge in [-0.05, 0) is 49.3 Å². The molecule has 0 aromatic rings. The molecule has 1 saturated carbocycles. The Morgan fingerprint density at radius 2 is 2.25 bits per heavy atom. The van der Waals surface area contributed by atoms with Crippen molar-refractivity contribution in [2.45, 2.75) is 52.0 Å². The third-order valence-electron chi connectivity index (χ3n) is 4.22. The largest absolute Gasteiger partial charge is 0.383 e. The van der Waals surface area contributed by atoms with Gasteiger partial charge in [-0.3, -0.25) is 0 Å². The van der Waals surface area contributed by atoms with Crippen LogP contribution in [0.2, 0.25) is 0 Å². The van der Waals surface area contributed by atoms with E-state index < -0.39 is 0 Å². The molecule has 1 atom stereocenters. The zero-order valence-corrected chi connectivity index (χ0v) is 11.0. The Morgan fingerprint density at radius 1 is 1.44 bits per heavy atom. The lowest BCUT2D eigenvalue weighted by Gasteiger charge is -2.27. The summed E-state index contributed by atoms with van der Waals surface area (Å²) in [6, 6.07) is 0.619. The van der Waals surface area contributed by atoms with Crippen molar-refractivity contribution in [3.8, 4) is 0 Å². The quantitative estimate of drug-likeness (QED) is 0.728. The summed E-state index contributed by atoms with van der Waals surface area (Å²) in [6.07, 6.45) is 9.06. The standard InChI is InChI=1S/C14H25NO/c1-14(2)8-4-6-12(14)10-15-9-5-7-13(15)11-16-3/h10,13H,4-9,11H2,1-3H3/b12-10+/t13-/m1/s1. The topological polar surface area (TPSA) is 12.5 Å². The summed E-state index contributed by atoms with van der Waals surface area (Å²) in [6.45, 7) is 6.86. The van der Waals surface area contributed by atoms with Crippen LogP contribution in [0, 0.1) is 5.41 Å². The van der Waals surface area contributed by atoms with Gasteiger partial charge in [0.15, 0.2) is 0 Å². The highest BCUT2D eigenvalue weighted by atomic mass is 16.5. The average molecular weight is 223 g/mol. The van der Waals surface area contributed by atoms with Gasteiger partial charge in [0, 0.05) is 13.7 Å². The van der Waals surface area contributed by atoms with E-state index >= 15 is 0 Å². The molecule has 0 unspecified atom stereocenters. The fraction of sp³-hybridized carbons (Fsp3) is 0.857. The van der Waals surface area contributed by atoms with E-state index in [0.29, 0.717) is 11.5 Å². The van der Waals surface area contributed by atoms with E-state index in [-0.39, 0.29) is 0 Å². The Hall–Kier alpha value is -0.500. The van der Waals surface area contributed by atoms with Crippen molar-refractivity contribution in [1.29, 1.82) is 0 Å². The summed E-state index contributed by atoms with van der Waals surface area (Å²) >= 11 is 0. The van der Waals surface area contributed by atoms with E-state index in [0.717, 1.165) is 6.61 Å². The highest BCUT2D eigenvalue weighted by molar-refractivity contribution is 5.16. The number of allylic oxidation sites excluding steroid dienone is 1. The zero-order valence-electron chi connectivity index (χ0n) is 11.0. The molecule has 16 heavy (non-hydrogen) atoms. The van der Waals surface area contributed by atoms with Crippen molar-refractivity contribution >= 4 is 0 Å². The molecule has 0 amide bonds. The van der Waals surface area contributed by atoms with Crippen LogP contribution in [-0.2, 0) is 4.74 Å². The van der Waals surface area contributed by atoms with Crippen molar-refractivity contribution in [3.63, 3.8) is 0 Å². The Bertz CT molecular complexity index is 270. The summed E-state index contributed by atoms with van der Waals surface area (Å²) in [4.78, 5) is 2.52. The number of rotatable bonds is 3. The van der Waals surface area contributed by atoms with Crippen LogP contribution in [-0.4, -0.2) is 31.2 Å². The molecule has 1 aliphatic carbocycles. The molecule has 2 nitrogen and oxygen atoms in total. The zero-order chi connectivity index (χ0) is 11.6. The maximum absolute atomic E-state index is 5.30. The molecule has 2 fully saturated rings. The van der Waals surface area contributed by atoms with Gasteiger partial charge in [-0.25, -0.2) is 0 Å². The second-order valence-electron chi connectivity index (χ2n) is 5.88. The lowest BCUT2D eigenvalue weighted by atomic mass is 9.87. The van der Waals surface area contributed by atoms with Crippen molar-refractivity contribution in [1.82, 2.24) is 4.90 Å². The van der Waals surface area contributed by atoms with E-state index in [9.17, 15) is 0 Å². The fourth-order valence-corrected chi connectivity index (χ4v) is 3.06. The third kappa shape index (κ3) is 2.42. The monoisotopic (exact) mass is 223 g/mol. The molecule has 0 bridgehead atoms. The fourth-order valence-electron chi connectivity index (χ4n) is 3.06. The van der Waals surface area contributed by atoms with E-state index in [1.165, 1.54) is 38.6 Å². The molecule has 0 N–H and O–H groups in total. The smallest absolute Gasteiger partial charge is 0.0666 e. The van der Waals surface area contributed by atoms with E-state index in [1.54, 1.807) is 5.57 Å². The average Bonchev–Trinajstić information content (AvgIpc) is 2.77. The van der Waals surface area contributed by atoms with Gasteiger partial charge in [0.1, 0.15) is 0 Å². The van der Waals surface area contributed by atoms with Gasteiger partial charge in [-0.15, -0.1) is 0 Å². The number of hydrogen-bond acceptors (Lipinski definition) is 2. The Labute approximate surface area is 99.7 Å². The van der Waals surface area contributed by atoms with E-state index in [1.807, 2.05) is 7.11 Å². The van der Waals surface area contributed by atoms with Gasteiger partial charge < -0.3 is 9.64 Å². The second kappa shape index (κ2) is 4.79. The highest BCUT2D eigenvalue weighted by Crippen LogP contribution is 2.42. The second-order valence-corrected chi connectivity index (χ2v) is 5.88. The Kier molecular flexibility index (Phi) is 3.58. The summed E-state index contributed by atoms with van der Waals surface area (Å²) in [5, 5.41) is 0. The van der Waals surface area contributed by atoms with Gasteiger partial charge in [0.2, 0.25) is 0 Å². The third-order valence-corrected chi connectivity index (χ3v) is 4.22. The molecular formula is C14H25NO. The number of ether oxygens (including phenoxy) is 1. The Balaban J connectivity index is 2.04. The van der Waals surface area contributed by atoms with Gasteiger partial charge >= 0.3 is 0 Å². The van der Waals surface area contributed by atoms with Crippen molar-refractivity contribution in [2.75, 3.05) is 20.3 Å². The molecule has 0 aromatic carbocycles. The SMILES string of the molecule is COC[C@H]1CCCN1/C=C1\CCCC1(C)C. The van der Waals surface area contributed by atoms with E-state index in [4.69, 9.17) is 4.74 Å². The van der Waals surface area contributed by atoms with Gasteiger partial charge in [-0.1, -0.05) is 13.8 Å². The molecular weight excluding hydrogens is 198 g/mol. The van der Waals surface area contributed by atoms with Gasteiger partial charge in [-0.2, -0.15) is 0 Å². The first-order valence-electron chi connectivity index (χ1n) is 6.59. The minimum atomic E-state index is 0.431.